The fraction of sp³-hybridized carbons (Fsp3) is 0.308. The van der Waals surface area contributed by atoms with E-state index in [1.807, 2.05) is 32.0 Å². The van der Waals surface area contributed by atoms with Crippen molar-refractivity contribution in [3.05, 3.63) is 46.5 Å². The number of halogens is 1. The van der Waals surface area contributed by atoms with E-state index in [-0.39, 0.29) is 5.91 Å². The lowest BCUT2D eigenvalue weighted by Crippen LogP contribution is -2.30. The van der Waals surface area contributed by atoms with Gasteiger partial charge in [-0.3, -0.25) is 4.79 Å². The van der Waals surface area contributed by atoms with Gasteiger partial charge in [-0.05, 0) is 37.6 Å². The second kappa shape index (κ2) is 5.85. The third-order valence-electron chi connectivity index (χ3n) is 2.31. The maximum absolute atomic E-state index is 12.1. The lowest BCUT2D eigenvalue weighted by Gasteiger charge is -2.19. The molecule has 0 aliphatic rings. The number of amides is 1. The van der Waals surface area contributed by atoms with E-state index in [0.29, 0.717) is 13.1 Å². The van der Waals surface area contributed by atoms with Gasteiger partial charge in [-0.15, -0.1) is 6.58 Å². The molecule has 0 saturated carbocycles. The summed E-state index contributed by atoms with van der Waals surface area (Å²) in [5.74, 6) is 0.0480. The highest BCUT2D eigenvalue weighted by molar-refractivity contribution is 9.10. The third kappa shape index (κ3) is 3.20. The molecular weight excluding hydrogens is 266 g/mol. The SMILES string of the molecule is C=CCN(CC)C(=O)c1cc(C)cc(Br)c1. The lowest BCUT2D eigenvalue weighted by molar-refractivity contribution is 0.0782. The first-order chi connectivity index (χ1) is 7.58. The van der Waals surface area contributed by atoms with E-state index in [1.54, 1.807) is 11.0 Å². The predicted octanol–water partition coefficient (Wildman–Crippen LogP) is 3.41. The summed E-state index contributed by atoms with van der Waals surface area (Å²) >= 11 is 3.40. The first kappa shape index (κ1) is 13.0. The van der Waals surface area contributed by atoms with Crippen molar-refractivity contribution in [2.24, 2.45) is 0 Å². The maximum Gasteiger partial charge on any atom is 0.254 e. The number of hydrogen-bond donors (Lipinski definition) is 0. The van der Waals surface area contributed by atoms with E-state index in [2.05, 4.69) is 22.5 Å². The zero-order chi connectivity index (χ0) is 12.1. The third-order valence-corrected chi connectivity index (χ3v) is 2.77. The van der Waals surface area contributed by atoms with E-state index in [0.717, 1.165) is 15.6 Å². The number of benzene rings is 1. The van der Waals surface area contributed by atoms with Gasteiger partial charge in [0.1, 0.15) is 0 Å². The first-order valence-electron chi connectivity index (χ1n) is 5.25. The average molecular weight is 282 g/mol. The number of carbonyl (C=O) groups is 1. The van der Waals surface area contributed by atoms with Gasteiger partial charge in [0.15, 0.2) is 0 Å². The number of hydrogen-bond acceptors (Lipinski definition) is 1. The second-order valence-corrected chi connectivity index (χ2v) is 4.57. The number of rotatable bonds is 4. The molecule has 1 rings (SSSR count). The van der Waals surface area contributed by atoms with Crippen molar-refractivity contribution < 1.29 is 4.79 Å². The Kier molecular flexibility index (Phi) is 4.74. The molecule has 16 heavy (non-hydrogen) atoms. The summed E-state index contributed by atoms with van der Waals surface area (Å²) in [5.41, 5.74) is 1.79. The minimum absolute atomic E-state index is 0.0480. The van der Waals surface area contributed by atoms with Gasteiger partial charge in [0.2, 0.25) is 0 Å². The normalized spacial score (nSPS) is 9.94. The Balaban J connectivity index is 2.98. The number of carbonyl (C=O) groups excluding carboxylic acids is 1. The number of nitrogens with zero attached hydrogens (tertiary/aromatic N) is 1. The van der Waals surface area contributed by atoms with Crippen LogP contribution < -0.4 is 0 Å². The van der Waals surface area contributed by atoms with Crippen LogP contribution in [0.1, 0.15) is 22.8 Å². The van der Waals surface area contributed by atoms with Crippen LogP contribution in [0.25, 0.3) is 0 Å². The van der Waals surface area contributed by atoms with E-state index in [1.165, 1.54) is 0 Å². The molecule has 2 nitrogen and oxygen atoms in total. The molecule has 0 heterocycles. The van der Waals surface area contributed by atoms with Crippen LogP contribution in [0.2, 0.25) is 0 Å². The van der Waals surface area contributed by atoms with E-state index >= 15 is 0 Å². The fourth-order valence-electron chi connectivity index (χ4n) is 1.55. The molecule has 0 N–H and O–H groups in total. The highest BCUT2D eigenvalue weighted by Gasteiger charge is 2.13. The summed E-state index contributed by atoms with van der Waals surface area (Å²) < 4.78 is 0.936. The highest BCUT2D eigenvalue weighted by atomic mass is 79.9. The quantitative estimate of drug-likeness (QED) is 0.775. The van der Waals surface area contributed by atoms with Gasteiger partial charge < -0.3 is 4.90 Å². The Bertz CT molecular complexity index is 381. The summed E-state index contributed by atoms with van der Waals surface area (Å²) in [7, 11) is 0. The van der Waals surface area contributed by atoms with Gasteiger partial charge in [0.25, 0.3) is 5.91 Å². The van der Waals surface area contributed by atoms with Gasteiger partial charge in [0, 0.05) is 23.1 Å². The Hall–Kier alpha value is -1.09. The Labute approximate surface area is 105 Å². The molecule has 3 heteroatoms. The first-order valence-corrected chi connectivity index (χ1v) is 6.05. The van der Waals surface area contributed by atoms with Crippen molar-refractivity contribution in [3.63, 3.8) is 0 Å². The Morgan fingerprint density at radius 1 is 1.50 bits per heavy atom. The van der Waals surface area contributed by atoms with Crippen molar-refractivity contribution in [2.45, 2.75) is 13.8 Å². The minimum atomic E-state index is 0.0480. The zero-order valence-electron chi connectivity index (χ0n) is 9.66. The van der Waals surface area contributed by atoms with Crippen LogP contribution in [0.15, 0.2) is 35.3 Å². The molecule has 0 saturated heterocycles. The monoisotopic (exact) mass is 281 g/mol. The molecule has 0 atom stereocenters. The van der Waals surface area contributed by atoms with E-state index in [4.69, 9.17) is 0 Å². The van der Waals surface area contributed by atoms with Gasteiger partial charge >= 0.3 is 0 Å². The van der Waals surface area contributed by atoms with Gasteiger partial charge in [-0.2, -0.15) is 0 Å². The van der Waals surface area contributed by atoms with Crippen molar-refractivity contribution in [1.29, 1.82) is 0 Å². The smallest absolute Gasteiger partial charge is 0.254 e. The molecule has 86 valence electrons. The summed E-state index contributed by atoms with van der Waals surface area (Å²) in [6.07, 6.45) is 1.74. The molecule has 0 unspecified atom stereocenters. The molecular formula is C13H16BrNO. The van der Waals surface area contributed by atoms with Gasteiger partial charge in [-0.1, -0.05) is 22.0 Å². The van der Waals surface area contributed by atoms with Crippen molar-refractivity contribution in [1.82, 2.24) is 4.90 Å². The summed E-state index contributed by atoms with van der Waals surface area (Å²) in [6, 6.07) is 5.74. The zero-order valence-corrected chi connectivity index (χ0v) is 11.3. The van der Waals surface area contributed by atoms with Crippen LogP contribution in [-0.2, 0) is 0 Å². The molecule has 1 amide bonds. The van der Waals surface area contributed by atoms with Crippen LogP contribution in [0.3, 0.4) is 0 Å². The number of likely N-dealkylation sites (N-methyl/N-ethyl adjacent to an activating group) is 1. The summed E-state index contributed by atoms with van der Waals surface area (Å²) in [6.45, 7) is 8.87. The van der Waals surface area contributed by atoms with Gasteiger partial charge in [0.05, 0.1) is 0 Å². The van der Waals surface area contributed by atoms with Crippen LogP contribution >= 0.6 is 15.9 Å². The van der Waals surface area contributed by atoms with E-state index in [9.17, 15) is 4.79 Å². The van der Waals surface area contributed by atoms with Crippen molar-refractivity contribution in [2.75, 3.05) is 13.1 Å². The molecule has 0 spiro atoms. The minimum Gasteiger partial charge on any atom is -0.335 e. The largest absolute Gasteiger partial charge is 0.335 e. The lowest BCUT2D eigenvalue weighted by atomic mass is 10.1. The fourth-order valence-corrected chi connectivity index (χ4v) is 2.16. The summed E-state index contributed by atoms with van der Waals surface area (Å²) in [4.78, 5) is 13.9. The Morgan fingerprint density at radius 2 is 2.19 bits per heavy atom. The average Bonchev–Trinajstić information content (AvgIpc) is 2.23. The topological polar surface area (TPSA) is 20.3 Å². The van der Waals surface area contributed by atoms with Crippen molar-refractivity contribution in [3.8, 4) is 0 Å². The molecule has 1 aromatic carbocycles. The predicted molar refractivity (Wildman–Crippen MR) is 70.7 cm³/mol. The standard InChI is InChI=1S/C13H16BrNO/c1-4-6-15(5-2)13(16)11-7-10(3)8-12(14)9-11/h4,7-9H,1,5-6H2,2-3H3. The summed E-state index contributed by atoms with van der Waals surface area (Å²) in [5, 5.41) is 0. The highest BCUT2D eigenvalue weighted by Crippen LogP contribution is 2.16. The maximum atomic E-state index is 12.1. The molecule has 0 aliphatic carbocycles. The molecule has 0 aromatic heterocycles. The van der Waals surface area contributed by atoms with E-state index < -0.39 is 0 Å². The molecule has 1 aromatic rings. The van der Waals surface area contributed by atoms with Crippen LogP contribution in [-0.4, -0.2) is 23.9 Å². The number of aryl methyl sites for hydroxylation is 1. The molecule has 0 aliphatic heterocycles. The van der Waals surface area contributed by atoms with Gasteiger partial charge in [-0.25, -0.2) is 0 Å². The molecule has 0 bridgehead atoms. The Morgan fingerprint density at radius 3 is 2.69 bits per heavy atom. The van der Waals surface area contributed by atoms with Crippen LogP contribution in [0.5, 0.6) is 0 Å². The van der Waals surface area contributed by atoms with Crippen LogP contribution in [0, 0.1) is 6.92 Å². The second-order valence-electron chi connectivity index (χ2n) is 3.65. The van der Waals surface area contributed by atoms with Crippen LogP contribution in [0.4, 0.5) is 0 Å². The van der Waals surface area contributed by atoms with Crippen molar-refractivity contribution >= 4 is 21.8 Å². The molecule has 0 radical (unpaired) electrons. The molecule has 0 fully saturated rings.